The highest BCUT2D eigenvalue weighted by Gasteiger charge is 2.19. The summed E-state index contributed by atoms with van der Waals surface area (Å²) < 4.78 is 25.0. The van der Waals surface area contributed by atoms with Crippen LogP contribution in [0, 0.1) is 6.92 Å². The first-order valence-corrected chi connectivity index (χ1v) is 7.43. The molecule has 2 aromatic carbocycles. The van der Waals surface area contributed by atoms with Gasteiger partial charge in [0.2, 0.25) is 9.84 Å². The maximum absolute atomic E-state index is 12.5. The number of hydrogen-bond donors (Lipinski definition) is 0. The molecule has 0 N–H and O–H groups in total. The molecule has 94 valence electrons. The smallest absolute Gasteiger partial charge is 0.206 e. The fourth-order valence-corrected chi connectivity index (χ4v) is 3.47. The van der Waals surface area contributed by atoms with Gasteiger partial charge in [-0.25, -0.2) is 8.42 Å². The molecular weight excluding hydrogens is 244 g/mol. The second-order valence-electron chi connectivity index (χ2n) is 4.28. The SMILES string of the molecule is CCc1ccccc1S(=O)(=O)c1ccc(C)cc1. The van der Waals surface area contributed by atoms with Gasteiger partial charge in [-0.15, -0.1) is 0 Å². The van der Waals surface area contributed by atoms with Crippen LogP contribution in [0.25, 0.3) is 0 Å². The minimum atomic E-state index is -3.40. The second-order valence-corrected chi connectivity index (χ2v) is 6.20. The van der Waals surface area contributed by atoms with Crippen molar-refractivity contribution in [3.05, 3.63) is 59.7 Å². The summed E-state index contributed by atoms with van der Waals surface area (Å²) in [5.41, 5.74) is 1.91. The molecular formula is C15H16O2S. The summed E-state index contributed by atoms with van der Waals surface area (Å²) in [6.07, 6.45) is 0.710. The average molecular weight is 260 g/mol. The van der Waals surface area contributed by atoms with Crippen LogP contribution in [0.2, 0.25) is 0 Å². The number of aryl methyl sites for hydroxylation is 2. The molecule has 0 aliphatic carbocycles. The summed E-state index contributed by atoms with van der Waals surface area (Å²) in [7, 11) is -3.40. The van der Waals surface area contributed by atoms with Gasteiger partial charge in [0, 0.05) is 0 Å². The molecule has 0 radical (unpaired) electrons. The Labute approximate surface area is 108 Å². The molecule has 0 amide bonds. The largest absolute Gasteiger partial charge is 0.219 e. The van der Waals surface area contributed by atoms with Crippen molar-refractivity contribution in [1.82, 2.24) is 0 Å². The predicted molar refractivity (Wildman–Crippen MR) is 72.5 cm³/mol. The van der Waals surface area contributed by atoms with Crippen LogP contribution in [0.5, 0.6) is 0 Å². The van der Waals surface area contributed by atoms with Crippen molar-refractivity contribution in [1.29, 1.82) is 0 Å². The van der Waals surface area contributed by atoms with Gasteiger partial charge < -0.3 is 0 Å². The number of hydrogen-bond acceptors (Lipinski definition) is 2. The van der Waals surface area contributed by atoms with E-state index in [2.05, 4.69) is 0 Å². The van der Waals surface area contributed by atoms with Gasteiger partial charge in [-0.2, -0.15) is 0 Å². The monoisotopic (exact) mass is 260 g/mol. The Morgan fingerprint density at radius 3 is 2.17 bits per heavy atom. The Morgan fingerprint density at radius 2 is 1.56 bits per heavy atom. The average Bonchev–Trinajstić information content (AvgIpc) is 2.39. The third-order valence-corrected chi connectivity index (χ3v) is 4.84. The Kier molecular flexibility index (Phi) is 3.53. The Balaban J connectivity index is 2.58. The highest BCUT2D eigenvalue weighted by molar-refractivity contribution is 7.91. The minimum absolute atomic E-state index is 0.356. The van der Waals surface area contributed by atoms with Crippen molar-refractivity contribution in [2.75, 3.05) is 0 Å². The molecule has 0 fully saturated rings. The Morgan fingerprint density at radius 1 is 0.944 bits per heavy atom. The van der Waals surface area contributed by atoms with Gasteiger partial charge in [0.25, 0.3) is 0 Å². The van der Waals surface area contributed by atoms with E-state index in [1.807, 2.05) is 38.1 Å². The zero-order valence-corrected chi connectivity index (χ0v) is 11.4. The van der Waals surface area contributed by atoms with Crippen molar-refractivity contribution in [2.24, 2.45) is 0 Å². The van der Waals surface area contributed by atoms with E-state index in [9.17, 15) is 8.42 Å². The van der Waals surface area contributed by atoms with E-state index < -0.39 is 9.84 Å². The van der Waals surface area contributed by atoms with E-state index in [0.717, 1.165) is 11.1 Å². The molecule has 2 nitrogen and oxygen atoms in total. The van der Waals surface area contributed by atoms with E-state index in [1.165, 1.54) is 0 Å². The molecule has 0 saturated carbocycles. The zero-order valence-electron chi connectivity index (χ0n) is 10.6. The fourth-order valence-electron chi connectivity index (χ4n) is 1.90. The van der Waals surface area contributed by atoms with Crippen molar-refractivity contribution < 1.29 is 8.42 Å². The quantitative estimate of drug-likeness (QED) is 0.847. The first-order valence-electron chi connectivity index (χ1n) is 5.95. The van der Waals surface area contributed by atoms with E-state index in [1.54, 1.807) is 24.3 Å². The van der Waals surface area contributed by atoms with Crippen molar-refractivity contribution in [2.45, 2.75) is 30.1 Å². The van der Waals surface area contributed by atoms with Crippen LogP contribution in [0.1, 0.15) is 18.1 Å². The summed E-state index contributed by atoms with van der Waals surface area (Å²) in [4.78, 5) is 0.769. The molecule has 0 saturated heterocycles. The lowest BCUT2D eigenvalue weighted by atomic mass is 10.2. The number of benzene rings is 2. The first kappa shape index (κ1) is 12.8. The molecule has 0 unspecified atom stereocenters. The van der Waals surface area contributed by atoms with Crippen molar-refractivity contribution in [3.63, 3.8) is 0 Å². The summed E-state index contributed by atoms with van der Waals surface area (Å²) in [6.45, 7) is 3.90. The summed E-state index contributed by atoms with van der Waals surface area (Å²) in [5.74, 6) is 0. The lowest BCUT2D eigenvalue weighted by molar-refractivity contribution is 0.595. The third-order valence-electron chi connectivity index (χ3n) is 2.97. The summed E-state index contributed by atoms with van der Waals surface area (Å²) >= 11 is 0. The highest BCUT2D eigenvalue weighted by Crippen LogP contribution is 2.24. The third kappa shape index (κ3) is 2.31. The maximum atomic E-state index is 12.5. The van der Waals surface area contributed by atoms with Gasteiger partial charge in [0.15, 0.2) is 0 Å². The molecule has 0 bridgehead atoms. The summed E-state index contributed by atoms with van der Waals surface area (Å²) in [5, 5.41) is 0. The van der Waals surface area contributed by atoms with Crippen LogP contribution < -0.4 is 0 Å². The van der Waals surface area contributed by atoms with Crippen LogP contribution in [0.15, 0.2) is 58.3 Å². The zero-order chi connectivity index (χ0) is 13.2. The molecule has 18 heavy (non-hydrogen) atoms. The van der Waals surface area contributed by atoms with Crippen LogP contribution in [-0.2, 0) is 16.3 Å². The molecule has 0 aliphatic heterocycles. The van der Waals surface area contributed by atoms with Gasteiger partial charge in [0.05, 0.1) is 9.79 Å². The van der Waals surface area contributed by atoms with Crippen LogP contribution in [-0.4, -0.2) is 8.42 Å². The van der Waals surface area contributed by atoms with Crippen molar-refractivity contribution >= 4 is 9.84 Å². The molecule has 0 heterocycles. The van der Waals surface area contributed by atoms with Crippen LogP contribution >= 0.6 is 0 Å². The first-order chi connectivity index (χ1) is 8.55. The molecule has 2 aromatic rings. The van der Waals surface area contributed by atoms with E-state index in [4.69, 9.17) is 0 Å². The number of sulfone groups is 1. The Bertz CT molecular complexity index is 640. The normalized spacial score (nSPS) is 11.4. The lowest BCUT2D eigenvalue weighted by Crippen LogP contribution is -2.05. The van der Waals surface area contributed by atoms with Crippen LogP contribution in [0.3, 0.4) is 0 Å². The van der Waals surface area contributed by atoms with E-state index in [0.29, 0.717) is 16.2 Å². The van der Waals surface area contributed by atoms with Gasteiger partial charge in [-0.3, -0.25) is 0 Å². The maximum Gasteiger partial charge on any atom is 0.206 e. The fraction of sp³-hybridized carbons (Fsp3) is 0.200. The standard InChI is InChI=1S/C15H16O2S/c1-3-13-6-4-5-7-15(13)18(16,17)14-10-8-12(2)9-11-14/h4-11H,3H2,1-2H3. The minimum Gasteiger partial charge on any atom is -0.219 e. The topological polar surface area (TPSA) is 34.1 Å². The lowest BCUT2D eigenvalue weighted by Gasteiger charge is -2.09. The van der Waals surface area contributed by atoms with Gasteiger partial charge in [0.1, 0.15) is 0 Å². The molecule has 0 spiro atoms. The van der Waals surface area contributed by atoms with Gasteiger partial charge >= 0.3 is 0 Å². The van der Waals surface area contributed by atoms with E-state index in [-0.39, 0.29) is 0 Å². The van der Waals surface area contributed by atoms with Crippen molar-refractivity contribution in [3.8, 4) is 0 Å². The van der Waals surface area contributed by atoms with Crippen LogP contribution in [0.4, 0.5) is 0 Å². The molecule has 0 aliphatic rings. The predicted octanol–water partition coefficient (Wildman–Crippen LogP) is 3.39. The second kappa shape index (κ2) is 4.94. The van der Waals surface area contributed by atoms with Gasteiger partial charge in [-0.1, -0.05) is 42.8 Å². The molecule has 0 aromatic heterocycles. The molecule has 3 heteroatoms. The Hall–Kier alpha value is -1.61. The highest BCUT2D eigenvalue weighted by atomic mass is 32.2. The number of rotatable bonds is 3. The van der Waals surface area contributed by atoms with Gasteiger partial charge in [-0.05, 0) is 37.1 Å². The summed E-state index contributed by atoms with van der Waals surface area (Å²) in [6, 6.07) is 14.1. The molecule has 0 atom stereocenters. The van der Waals surface area contributed by atoms with E-state index >= 15 is 0 Å². The molecule has 2 rings (SSSR count).